The molecule has 1 aliphatic carbocycles. The molecule has 1 atom stereocenters. The molecule has 0 amide bonds. The molecule has 3 N–H and O–H groups in total. The average molecular weight is 621 g/mol. The molecule has 0 radical (unpaired) electrons. The van der Waals surface area contributed by atoms with Crippen LogP contribution in [0.3, 0.4) is 0 Å². The first-order valence-corrected chi connectivity index (χ1v) is 16.9. The smallest absolute Gasteiger partial charge is 0.343 e. The molecule has 3 aromatic carbocycles. The van der Waals surface area contributed by atoms with Gasteiger partial charge in [-0.3, -0.25) is 4.72 Å². The first kappa shape index (κ1) is 30.3. The Hall–Kier alpha value is -4.19. The number of aromatic hydroxyl groups is 1. The Balaban J connectivity index is 1.37. The van der Waals surface area contributed by atoms with Crippen LogP contribution in [0.5, 0.6) is 5.75 Å². The molecule has 11 heteroatoms. The number of benzene rings is 3. The van der Waals surface area contributed by atoms with Gasteiger partial charge >= 0.3 is 5.63 Å². The highest BCUT2D eigenvalue weighted by Gasteiger charge is 2.37. The standard InChI is InChI=1S/C32H32N2O7S2/c1-2-23-11-6-7-14-29(23)43(39,40)33-21-27-20-28(35)31(32(36)41-27)30(24-15-16-24)25-12-8-13-26(19-25)34-42(37,38)18-17-22-9-4-3-5-10-22/h3-14,17-20,24,30,33-35H,2,15-16,21H2,1H3/b18-17+. The predicted octanol–water partition coefficient (Wildman–Crippen LogP) is 5.34. The molecule has 1 heterocycles. The van der Waals surface area contributed by atoms with Gasteiger partial charge in [-0.15, -0.1) is 0 Å². The van der Waals surface area contributed by atoms with Crippen LogP contribution in [0.25, 0.3) is 6.08 Å². The van der Waals surface area contributed by atoms with Crippen LogP contribution in [0.4, 0.5) is 5.69 Å². The van der Waals surface area contributed by atoms with Crippen molar-refractivity contribution in [3.63, 3.8) is 0 Å². The number of sulfonamides is 2. The third-order valence-electron chi connectivity index (χ3n) is 7.25. The van der Waals surface area contributed by atoms with Crippen LogP contribution in [-0.2, 0) is 33.0 Å². The molecule has 0 saturated heterocycles. The van der Waals surface area contributed by atoms with Crippen LogP contribution < -0.4 is 15.1 Å². The van der Waals surface area contributed by atoms with Crippen LogP contribution in [0.15, 0.2) is 104 Å². The van der Waals surface area contributed by atoms with Gasteiger partial charge < -0.3 is 9.52 Å². The summed E-state index contributed by atoms with van der Waals surface area (Å²) in [5.41, 5.74) is 1.61. The SMILES string of the molecule is CCc1ccccc1S(=O)(=O)NCc1cc(O)c(C(c2cccc(NS(=O)(=O)/C=C/c3ccccc3)c2)C2CC2)c(=O)o1. The van der Waals surface area contributed by atoms with E-state index in [1.807, 2.05) is 25.1 Å². The summed E-state index contributed by atoms with van der Waals surface area (Å²) in [4.78, 5) is 13.4. The summed E-state index contributed by atoms with van der Waals surface area (Å²) in [6.07, 6.45) is 3.65. The van der Waals surface area contributed by atoms with Crippen LogP contribution in [0, 0.1) is 5.92 Å². The summed E-state index contributed by atoms with van der Waals surface area (Å²) in [6, 6.07) is 23.6. The fourth-order valence-corrected chi connectivity index (χ4v) is 7.21. The van der Waals surface area contributed by atoms with E-state index in [4.69, 9.17) is 4.42 Å². The molecule has 0 bridgehead atoms. The van der Waals surface area contributed by atoms with E-state index in [-0.39, 0.29) is 34.4 Å². The van der Waals surface area contributed by atoms with Crippen molar-refractivity contribution >= 4 is 31.8 Å². The largest absolute Gasteiger partial charge is 0.507 e. The topological polar surface area (TPSA) is 143 Å². The number of hydrogen-bond donors (Lipinski definition) is 3. The summed E-state index contributed by atoms with van der Waals surface area (Å²) in [7, 11) is -7.72. The van der Waals surface area contributed by atoms with Crippen molar-refractivity contribution in [3.8, 4) is 5.75 Å². The van der Waals surface area contributed by atoms with Gasteiger partial charge in [0.15, 0.2) is 0 Å². The van der Waals surface area contributed by atoms with Crippen LogP contribution in [0.1, 0.15) is 53.7 Å². The summed E-state index contributed by atoms with van der Waals surface area (Å²) < 4.78 is 61.7. The predicted molar refractivity (Wildman–Crippen MR) is 166 cm³/mol. The number of nitrogens with one attached hydrogen (secondary N) is 2. The number of aryl methyl sites for hydroxylation is 1. The number of hydrogen-bond acceptors (Lipinski definition) is 7. The first-order valence-electron chi connectivity index (χ1n) is 13.9. The Kier molecular flexibility index (Phi) is 8.86. The third kappa shape index (κ3) is 7.42. The minimum absolute atomic E-state index is 0.0370. The monoisotopic (exact) mass is 620 g/mol. The Morgan fingerprint density at radius 2 is 1.67 bits per heavy atom. The van der Waals surface area contributed by atoms with Crippen LogP contribution >= 0.6 is 0 Å². The molecule has 43 heavy (non-hydrogen) atoms. The first-order chi connectivity index (χ1) is 20.6. The molecule has 0 spiro atoms. The van der Waals surface area contributed by atoms with E-state index in [1.165, 1.54) is 18.2 Å². The molecule has 0 aliphatic heterocycles. The van der Waals surface area contributed by atoms with Gasteiger partial charge in [-0.1, -0.05) is 67.6 Å². The second kappa shape index (κ2) is 12.6. The maximum Gasteiger partial charge on any atom is 0.343 e. The maximum atomic E-state index is 13.2. The van der Waals surface area contributed by atoms with Gasteiger partial charge in [-0.2, -0.15) is 0 Å². The van der Waals surface area contributed by atoms with Crippen molar-refractivity contribution in [2.75, 3.05) is 4.72 Å². The van der Waals surface area contributed by atoms with E-state index in [1.54, 1.807) is 54.6 Å². The molecule has 1 aliphatic rings. The Morgan fingerprint density at radius 1 is 0.953 bits per heavy atom. The van der Waals surface area contributed by atoms with Crippen LogP contribution in [-0.4, -0.2) is 21.9 Å². The zero-order valence-electron chi connectivity index (χ0n) is 23.4. The lowest BCUT2D eigenvalue weighted by molar-refractivity contribution is 0.401. The molecule has 1 fully saturated rings. The van der Waals surface area contributed by atoms with Gasteiger partial charge in [0.2, 0.25) is 10.0 Å². The Labute approximate surface area is 251 Å². The zero-order valence-corrected chi connectivity index (χ0v) is 25.1. The fraction of sp³-hybridized carbons (Fsp3) is 0.219. The van der Waals surface area contributed by atoms with Crippen molar-refractivity contribution in [2.45, 2.75) is 43.5 Å². The van der Waals surface area contributed by atoms with Gasteiger partial charge in [0, 0.05) is 17.7 Å². The van der Waals surface area contributed by atoms with Crippen molar-refractivity contribution in [1.82, 2.24) is 4.72 Å². The summed E-state index contributed by atoms with van der Waals surface area (Å²) in [6.45, 7) is 1.53. The second-order valence-electron chi connectivity index (χ2n) is 10.4. The minimum atomic E-state index is -3.89. The van der Waals surface area contributed by atoms with Crippen molar-refractivity contribution < 1.29 is 26.4 Å². The van der Waals surface area contributed by atoms with E-state index >= 15 is 0 Å². The lowest BCUT2D eigenvalue weighted by atomic mass is 9.87. The lowest BCUT2D eigenvalue weighted by Gasteiger charge is -2.19. The van der Waals surface area contributed by atoms with Gasteiger partial charge in [0.25, 0.3) is 10.0 Å². The second-order valence-corrected chi connectivity index (χ2v) is 13.7. The van der Waals surface area contributed by atoms with Gasteiger partial charge in [-0.05, 0) is 66.1 Å². The molecular weight excluding hydrogens is 588 g/mol. The van der Waals surface area contributed by atoms with E-state index in [2.05, 4.69) is 9.44 Å². The maximum absolute atomic E-state index is 13.2. The van der Waals surface area contributed by atoms with Crippen molar-refractivity contribution in [3.05, 3.63) is 129 Å². The highest BCUT2D eigenvalue weighted by atomic mass is 32.2. The summed E-state index contributed by atoms with van der Waals surface area (Å²) >= 11 is 0. The molecule has 1 unspecified atom stereocenters. The number of anilines is 1. The van der Waals surface area contributed by atoms with Crippen LogP contribution in [0.2, 0.25) is 0 Å². The molecule has 1 aromatic heterocycles. The van der Waals surface area contributed by atoms with E-state index in [9.17, 15) is 26.7 Å². The molecule has 9 nitrogen and oxygen atoms in total. The fourth-order valence-electron chi connectivity index (χ4n) is 5.04. The highest BCUT2D eigenvalue weighted by molar-refractivity contribution is 7.95. The van der Waals surface area contributed by atoms with E-state index in [0.717, 1.165) is 23.8 Å². The quantitative estimate of drug-likeness (QED) is 0.194. The normalized spacial score (nSPS) is 14.5. The Bertz CT molecular complexity index is 1910. The Morgan fingerprint density at radius 3 is 2.37 bits per heavy atom. The molecule has 1 saturated carbocycles. The molecular formula is C32H32N2O7S2. The van der Waals surface area contributed by atoms with Gasteiger partial charge in [-0.25, -0.2) is 26.4 Å². The summed E-state index contributed by atoms with van der Waals surface area (Å²) in [5.74, 6) is -0.839. The third-order valence-corrected chi connectivity index (χ3v) is 9.76. The van der Waals surface area contributed by atoms with E-state index < -0.39 is 31.6 Å². The highest BCUT2D eigenvalue weighted by Crippen LogP contribution is 2.48. The molecule has 224 valence electrons. The van der Waals surface area contributed by atoms with Gasteiger partial charge in [0.1, 0.15) is 11.5 Å². The molecule has 5 rings (SSSR count). The van der Waals surface area contributed by atoms with Crippen molar-refractivity contribution in [2.24, 2.45) is 5.92 Å². The van der Waals surface area contributed by atoms with Gasteiger partial charge in [0.05, 0.1) is 22.4 Å². The zero-order chi connectivity index (χ0) is 30.6. The lowest BCUT2D eigenvalue weighted by Crippen LogP contribution is -2.25. The average Bonchev–Trinajstić information content (AvgIpc) is 3.83. The van der Waals surface area contributed by atoms with E-state index in [0.29, 0.717) is 23.2 Å². The number of rotatable bonds is 12. The van der Waals surface area contributed by atoms with Crippen molar-refractivity contribution in [1.29, 1.82) is 0 Å². The summed E-state index contributed by atoms with van der Waals surface area (Å²) in [5, 5.41) is 12.1. The minimum Gasteiger partial charge on any atom is -0.507 e. The molecule has 4 aromatic rings.